The van der Waals surface area contributed by atoms with E-state index in [1.807, 2.05) is 11.3 Å². The minimum absolute atomic E-state index is 0.982. The summed E-state index contributed by atoms with van der Waals surface area (Å²) in [4.78, 5) is 20.9. The number of nitrogens with zero attached hydrogens (tertiary/aromatic N) is 5. The predicted octanol–water partition coefficient (Wildman–Crippen LogP) is 5.16. The largest absolute Gasteiger partial charge is 0.353 e. The Morgan fingerprint density at radius 2 is 1.59 bits per heavy atom. The summed E-state index contributed by atoms with van der Waals surface area (Å²) in [6, 6.07) is 0. The number of fused-ring (bicyclic) bond motifs is 3. The van der Waals surface area contributed by atoms with Crippen LogP contribution in [0.5, 0.6) is 0 Å². The lowest BCUT2D eigenvalue weighted by molar-refractivity contribution is 0.196. The van der Waals surface area contributed by atoms with Crippen LogP contribution < -0.4 is 4.90 Å². The molecule has 4 rings (SSSR count). The standard InChI is InChI=1S/C26H43N5S/c1-4-10-23-27-25(24-21-11-8-7-9-12-22(21)32-26(24)28-23)31-19-17-30(18-20-31)16-15-29(13-5-2)14-6-3/h4-20H2,1-3H3. The highest BCUT2D eigenvalue weighted by Crippen LogP contribution is 2.39. The first-order valence-electron chi connectivity index (χ1n) is 13.2. The molecule has 0 aromatic carbocycles. The first-order chi connectivity index (χ1) is 15.7. The Labute approximate surface area is 199 Å². The lowest BCUT2D eigenvalue weighted by Gasteiger charge is -2.37. The van der Waals surface area contributed by atoms with Gasteiger partial charge in [-0.2, -0.15) is 0 Å². The van der Waals surface area contributed by atoms with Crippen molar-refractivity contribution >= 4 is 27.4 Å². The number of piperazine rings is 1. The van der Waals surface area contributed by atoms with Gasteiger partial charge in [-0.15, -0.1) is 11.3 Å². The van der Waals surface area contributed by atoms with E-state index in [4.69, 9.17) is 9.97 Å². The number of hydrogen-bond acceptors (Lipinski definition) is 6. The van der Waals surface area contributed by atoms with Crippen molar-refractivity contribution < 1.29 is 0 Å². The van der Waals surface area contributed by atoms with E-state index in [-0.39, 0.29) is 0 Å². The highest BCUT2D eigenvalue weighted by atomic mass is 32.1. The zero-order chi connectivity index (χ0) is 22.3. The van der Waals surface area contributed by atoms with Gasteiger partial charge in [0.15, 0.2) is 0 Å². The Balaban J connectivity index is 1.49. The lowest BCUT2D eigenvalue weighted by atomic mass is 10.1. The fourth-order valence-electron chi connectivity index (χ4n) is 5.36. The molecule has 0 atom stereocenters. The molecule has 2 aromatic heterocycles. The summed E-state index contributed by atoms with van der Waals surface area (Å²) in [5.41, 5.74) is 1.58. The second-order valence-corrected chi connectivity index (χ2v) is 10.7. The van der Waals surface area contributed by atoms with Gasteiger partial charge in [-0.3, -0.25) is 4.90 Å². The third kappa shape index (κ3) is 5.63. The quantitative estimate of drug-likeness (QED) is 0.461. The van der Waals surface area contributed by atoms with Crippen molar-refractivity contribution in [1.82, 2.24) is 19.8 Å². The third-order valence-electron chi connectivity index (χ3n) is 7.05. The number of aryl methyl sites for hydroxylation is 3. The summed E-state index contributed by atoms with van der Waals surface area (Å²) in [6.07, 6.45) is 11.0. The van der Waals surface area contributed by atoms with Crippen molar-refractivity contribution in [2.24, 2.45) is 0 Å². The first kappa shape index (κ1) is 23.9. The number of hydrogen-bond donors (Lipinski definition) is 0. The molecule has 0 N–H and O–H groups in total. The molecule has 2 aromatic rings. The van der Waals surface area contributed by atoms with E-state index in [2.05, 4.69) is 35.5 Å². The predicted molar refractivity (Wildman–Crippen MR) is 138 cm³/mol. The molecular formula is C26H43N5S. The van der Waals surface area contributed by atoms with Crippen LogP contribution in [0.15, 0.2) is 0 Å². The highest BCUT2D eigenvalue weighted by molar-refractivity contribution is 7.19. The molecule has 32 heavy (non-hydrogen) atoms. The summed E-state index contributed by atoms with van der Waals surface area (Å²) >= 11 is 1.96. The van der Waals surface area contributed by atoms with Crippen LogP contribution in [0.4, 0.5) is 5.82 Å². The maximum absolute atomic E-state index is 5.17. The average molecular weight is 458 g/mol. The number of thiophene rings is 1. The van der Waals surface area contributed by atoms with Gasteiger partial charge in [0.25, 0.3) is 0 Å². The van der Waals surface area contributed by atoms with Crippen LogP contribution >= 0.6 is 11.3 Å². The molecule has 5 nitrogen and oxygen atoms in total. The summed E-state index contributed by atoms with van der Waals surface area (Å²) in [5, 5.41) is 1.40. The smallest absolute Gasteiger partial charge is 0.141 e. The van der Waals surface area contributed by atoms with Crippen molar-refractivity contribution in [1.29, 1.82) is 0 Å². The van der Waals surface area contributed by atoms with Gasteiger partial charge in [0.2, 0.25) is 0 Å². The molecule has 1 aliphatic carbocycles. The molecule has 1 fully saturated rings. The molecule has 0 radical (unpaired) electrons. The van der Waals surface area contributed by atoms with E-state index in [9.17, 15) is 0 Å². The van der Waals surface area contributed by atoms with Crippen LogP contribution in [0.25, 0.3) is 10.2 Å². The maximum Gasteiger partial charge on any atom is 0.141 e. The normalized spacial score (nSPS) is 17.8. The van der Waals surface area contributed by atoms with Gasteiger partial charge < -0.3 is 9.80 Å². The average Bonchev–Trinajstić information content (AvgIpc) is 2.98. The van der Waals surface area contributed by atoms with E-state index < -0.39 is 0 Å². The number of aromatic nitrogens is 2. The van der Waals surface area contributed by atoms with E-state index in [1.165, 1.54) is 87.2 Å². The molecule has 1 aliphatic heterocycles. The monoisotopic (exact) mass is 457 g/mol. The minimum atomic E-state index is 0.982. The molecule has 0 bridgehead atoms. The third-order valence-corrected chi connectivity index (χ3v) is 8.24. The summed E-state index contributed by atoms with van der Waals surface area (Å²) in [6.45, 7) is 16.2. The van der Waals surface area contributed by atoms with Gasteiger partial charge in [0.1, 0.15) is 16.5 Å². The molecular weight excluding hydrogens is 414 g/mol. The van der Waals surface area contributed by atoms with Gasteiger partial charge in [0.05, 0.1) is 5.39 Å². The van der Waals surface area contributed by atoms with E-state index in [0.29, 0.717) is 0 Å². The second kappa shape index (κ2) is 11.8. The Morgan fingerprint density at radius 3 is 2.31 bits per heavy atom. The van der Waals surface area contributed by atoms with E-state index in [0.717, 1.165) is 44.8 Å². The van der Waals surface area contributed by atoms with E-state index in [1.54, 1.807) is 10.4 Å². The molecule has 0 spiro atoms. The van der Waals surface area contributed by atoms with Crippen molar-refractivity contribution in [3.8, 4) is 0 Å². The number of rotatable bonds is 10. The zero-order valence-corrected chi connectivity index (χ0v) is 21.5. The maximum atomic E-state index is 5.17. The SMILES string of the molecule is CCCc1nc(N2CCN(CCN(CCC)CCC)CC2)c2c3c(sc2n1)CCCCC3. The van der Waals surface area contributed by atoms with Crippen molar-refractivity contribution in [3.05, 3.63) is 16.3 Å². The number of anilines is 1. The van der Waals surface area contributed by atoms with Gasteiger partial charge in [0, 0.05) is 50.6 Å². The van der Waals surface area contributed by atoms with Gasteiger partial charge in [-0.1, -0.05) is 27.2 Å². The Bertz CT molecular complexity index is 850. The van der Waals surface area contributed by atoms with Crippen molar-refractivity contribution in [2.45, 2.75) is 78.6 Å². The molecule has 178 valence electrons. The molecule has 2 aliphatic rings. The van der Waals surface area contributed by atoms with Crippen LogP contribution in [-0.2, 0) is 19.3 Å². The molecule has 0 saturated carbocycles. The van der Waals surface area contributed by atoms with Gasteiger partial charge in [-0.05, 0) is 63.6 Å². The zero-order valence-electron chi connectivity index (χ0n) is 20.7. The van der Waals surface area contributed by atoms with E-state index >= 15 is 0 Å². The Hall–Kier alpha value is -1.24. The Kier molecular flexibility index (Phi) is 8.78. The Morgan fingerprint density at radius 1 is 0.844 bits per heavy atom. The minimum Gasteiger partial charge on any atom is -0.353 e. The fourth-order valence-corrected chi connectivity index (χ4v) is 6.63. The van der Waals surface area contributed by atoms with Gasteiger partial charge in [-0.25, -0.2) is 9.97 Å². The summed E-state index contributed by atoms with van der Waals surface area (Å²) in [7, 11) is 0. The van der Waals surface area contributed by atoms with Crippen LogP contribution in [0, 0.1) is 0 Å². The van der Waals surface area contributed by atoms with Crippen LogP contribution in [0.3, 0.4) is 0 Å². The topological polar surface area (TPSA) is 35.5 Å². The van der Waals surface area contributed by atoms with Crippen LogP contribution in [0.1, 0.15) is 75.6 Å². The van der Waals surface area contributed by atoms with Crippen LogP contribution in [0.2, 0.25) is 0 Å². The van der Waals surface area contributed by atoms with Crippen molar-refractivity contribution in [3.63, 3.8) is 0 Å². The lowest BCUT2D eigenvalue weighted by Crippen LogP contribution is -2.49. The second-order valence-electron chi connectivity index (χ2n) is 9.63. The molecule has 1 saturated heterocycles. The summed E-state index contributed by atoms with van der Waals surface area (Å²) in [5.74, 6) is 2.29. The fraction of sp³-hybridized carbons (Fsp3) is 0.769. The first-order valence-corrected chi connectivity index (χ1v) is 14.1. The highest BCUT2D eigenvalue weighted by Gasteiger charge is 2.25. The van der Waals surface area contributed by atoms with Crippen molar-refractivity contribution in [2.75, 3.05) is 57.3 Å². The van der Waals surface area contributed by atoms with Crippen LogP contribution in [-0.4, -0.2) is 72.1 Å². The molecule has 0 amide bonds. The molecule has 6 heteroatoms. The molecule has 0 unspecified atom stereocenters. The summed E-state index contributed by atoms with van der Waals surface area (Å²) < 4.78 is 0. The molecule has 3 heterocycles. The van der Waals surface area contributed by atoms with Gasteiger partial charge >= 0.3 is 0 Å².